The monoisotopic (exact) mass is 356 g/mol. The molecule has 0 aliphatic carbocycles. The van der Waals surface area contributed by atoms with Crippen molar-refractivity contribution in [2.75, 3.05) is 26.2 Å². The highest BCUT2D eigenvalue weighted by Gasteiger charge is 2.47. The van der Waals surface area contributed by atoms with Gasteiger partial charge in [0.2, 0.25) is 11.8 Å². The fourth-order valence-electron chi connectivity index (χ4n) is 4.40. The van der Waals surface area contributed by atoms with Crippen molar-refractivity contribution in [2.24, 2.45) is 5.92 Å². The smallest absolute Gasteiger partial charge is 0.225 e. The van der Waals surface area contributed by atoms with E-state index in [2.05, 4.69) is 0 Å². The first kappa shape index (κ1) is 17.1. The van der Waals surface area contributed by atoms with Gasteiger partial charge in [-0.2, -0.15) is 0 Å². The number of fused-ring (bicyclic) bond motifs is 1. The lowest BCUT2D eigenvalue weighted by atomic mass is 9.89. The molecule has 1 aromatic rings. The molecule has 6 heteroatoms. The first-order chi connectivity index (χ1) is 12.5. The third-order valence-electron chi connectivity index (χ3n) is 5.91. The summed E-state index contributed by atoms with van der Waals surface area (Å²) >= 11 is 0. The zero-order valence-electron chi connectivity index (χ0n) is 15.1. The van der Waals surface area contributed by atoms with Crippen LogP contribution >= 0.6 is 0 Å². The Kier molecular flexibility index (Phi) is 4.21. The molecule has 4 rings (SSSR count). The van der Waals surface area contributed by atoms with Crippen molar-refractivity contribution >= 4 is 17.6 Å². The van der Waals surface area contributed by atoms with Gasteiger partial charge in [-0.25, -0.2) is 0 Å². The van der Waals surface area contributed by atoms with Gasteiger partial charge in [0.05, 0.1) is 18.5 Å². The highest BCUT2D eigenvalue weighted by molar-refractivity contribution is 6.00. The normalized spacial score (nSPS) is 26.0. The molecular weight excluding hydrogens is 332 g/mol. The number of hydrogen-bond acceptors (Lipinski definition) is 4. The van der Waals surface area contributed by atoms with Gasteiger partial charge in [-0.05, 0) is 25.0 Å². The summed E-state index contributed by atoms with van der Waals surface area (Å²) in [5.41, 5.74) is 0.0563. The Labute approximate surface area is 153 Å². The van der Waals surface area contributed by atoms with Gasteiger partial charge in [-0.3, -0.25) is 14.4 Å². The second-order valence-corrected chi connectivity index (χ2v) is 7.67. The number of Topliss-reactive ketones (excluding diaryl/α,β-unsaturated/α-hetero) is 1. The second-order valence-electron chi connectivity index (χ2n) is 7.67. The number of likely N-dealkylation sites (tertiary alicyclic amines) is 2. The Hall–Kier alpha value is -2.37. The summed E-state index contributed by atoms with van der Waals surface area (Å²) in [7, 11) is 0. The number of nitrogens with zero attached hydrogens (tertiary/aromatic N) is 2. The first-order valence-corrected chi connectivity index (χ1v) is 9.33. The van der Waals surface area contributed by atoms with Gasteiger partial charge >= 0.3 is 0 Å². The summed E-state index contributed by atoms with van der Waals surface area (Å²) in [6.45, 7) is 3.96. The van der Waals surface area contributed by atoms with Crippen molar-refractivity contribution in [3.8, 4) is 5.75 Å². The molecular formula is C20H24N2O4. The Balaban J connectivity index is 1.42. The standard InChI is InChI=1S/C20H24N2O4/c1-14(23)21-9-6-15(7-10-21)19(25)22-11-8-20(13-22)12-17(24)16-4-2-3-5-18(16)26-20/h2-5,15H,6-13H2,1H3. The van der Waals surface area contributed by atoms with Crippen LogP contribution in [0.5, 0.6) is 5.75 Å². The van der Waals surface area contributed by atoms with E-state index in [9.17, 15) is 14.4 Å². The molecule has 3 aliphatic rings. The van der Waals surface area contributed by atoms with Crippen molar-refractivity contribution < 1.29 is 19.1 Å². The van der Waals surface area contributed by atoms with Crippen molar-refractivity contribution in [2.45, 2.75) is 38.2 Å². The zero-order valence-corrected chi connectivity index (χ0v) is 15.1. The summed E-state index contributed by atoms with van der Waals surface area (Å²) < 4.78 is 6.20. The number of hydrogen-bond donors (Lipinski definition) is 0. The minimum atomic E-state index is -0.582. The van der Waals surface area contributed by atoms with Crippen molar-refractivity contribution in [3.05, 3.63) is 29.8 Å². The van der Waals surface area contributed by atoms with Gasteiger partial charge in [-0.15, -0.1) is 0 Å². The van der Waals surface area contributed by atoms with Crippen LogP contribution in [0.3, 0.4) is 0 Å². The third kappa shape index (κ3) is 2.97. The molecule has 2 fully saturated rings. The number of amides is 2. The van der Waals surface area contributed by atoms with Crippen LogP contribution in [-0.2, 0) is 9.59 Å². The SMILES string of the molecule is CC(=O)N1CCC(C(=O)N2CCC3(CC(=O)c4ccccc4O3)C2)CC1. The number of carbonyl (C=O) groups excluding carboxylic acids is 3. The van der Waals surface area contributed by atoms with Crippen LogP contribution in [-0.4, -0.2) is 59.2 Å². The van der Waals surface area contributed by atoms with E-state index in [1.54, 1.807) is 17.9 Å². The topological polar surface area (TPSA) is 66.9 Å². The van der Waals surface area contributed by atoms with Crippen molar-refractivity contribution in [3.63, 3.8) is 0 Å². The molecule has 0 saturated carbocycles. The fraction of sp³-hybridized carbons (Fsp3) is 0.550. The van der Waals surface area contributed by atoms with E-state index in [1.165, 1.54) is 0 Å². The molecule has 6 nitrogen and oxygen atoms in total. The Bertz CT molecular complexity index is 754. The minimum absolute atomic E-state index is 0.0349. The molecule has 1 atom stereocenters. The maximum atomic E-state index is 12.9. The lowest BCUT2D eigenvalue weighted by Crippen LogP contribution is -2.47. The van der Waals surface area contributed by atoms with E-state index in [-0.39, 0.29) is 23.5 Å². The maximum absolute atomic E-state index is 12.9. The van der Waals surface area contributed by atoms with Crippen LogP contribution in [0.2, 0.25) is 0 Å². The van der Waals surface area contributed by atoms with E-state index in [0.29, 0.717) is 63.2 Å². The average Bonchev–Trinajstić information content (AvgIpc) is 3.04. The van der Waals surface area contributed by atoms with Gasteiger partial charge < -0.3 is 14.5 Å². The second kappa shape index (κ2) is 6.41. The highest BCUT2D eigenvalue weighted by Crippen LogP contribution is 2.39. The predicted octanol–water partition coefficient (Wildman–Crippen LogP) is 1.88. The molecule has 1 aromatic carbocycles. The van der Waals surface area contributed by atoms with E-state index >= 15 is 0 Å². The molecule has 2 amide bonds. The molecule has 0 N–H and O–H groups in total. The molecule has 2 saturated heterocycles. The number of ketones is 1. The van der Waals surface area contributed by atoms with Crippen LogP contribution < -0.4 is 4.74 Å². The van der Waals surface area contributed by atoms with Crippen molar-refractivity contribution in [1.82, 2.24) is 9.80 Å². The highest BCUT2D eigenvalue weighted by atomic mass is 16.5. The number of rotatable bonds is 1. The lowest BCUT2D eigenvalue weighted by molar-refractivity contribution is -0.139. The Morgan fingerprint density at radius 1 is 1.12 bits per heavy atom. The summed E-state index contributed by atoms with van der Waals surface area (Å²) in [6, 6.07) is 7.34. The maximum Gasteiger partial charge on any atom is 0.225 e. The first-order valence-electron chi connectivity index (χ1n) is 9.33. The number of ether oxygens (including phenoxy) is 1. The Morgan fingerprint density at radius 2 is 1.85 bits per heavy atom. The van der Waals surface area contributed by atoms with Crippen LogP contribution in [0.25, 0.3) is 0 Å². The van der Waals surface area contributed by atoms with E-state index in [1.807, 2.05) is 23.1 Å². The summed E-state index contributed by atoms with van der Waals surface area (Å²) in [5.74, 6) is 0.903. The van der Waals surface area contributed by atoms with Crippen LogP contribution in [0.15, 0.2) is 24.3 Å². The van der Waals surface area contributed by atoms with E-state index < -0.39 is 5.60 Å². The van der Waals surface area contributed by atoms with E-state index in [4.69, 9.17) is 4.74 Å². The predicted molar refractivity (Wildman–Crippen MR) is 94.9 cm³/mol. The fourth-order valence-corrected chi connectivity index (χ4v) is 4.40. The van der Waals surface area contributed by atoms with Gasteiger partial charge in [0.1, 0.15) is 11.4 Å². The molecule has 138 valence electrons. The van der Waals surface area contributed by atoms with Crippen molar-refractivity contribution in [1.29, 1.82) is 0 Å². The van der Waals surface area contributed by atoms with Gasteiger partial charge in [-0.1, -0.05) is 12.1 Å². The van der Waals surface area contributed by atoms with Gasteiger partial charge in [0.15, 0.2) is 5.78 Å². The molecule has 0 bridgehead atoms. The van der Waals surface area contributed by atoms with Crippen LogP contribution in [0.4, 0.5) is 0 Å². The Morgan fingerprint density at radius 3 is 2.58 bits per heavy atom. The summed E-state index contributed by atoms with van der Waals surface area (Å²) in [4.78, 5) is 40.5. The molecule has 0 radical (unpaired) electrons. The number of piperidine rings is 1. The molecule has 0 aromatic heterocycles. The molecule has 1 spiro atoms. The molecule has 26 heavy (non-hydrogen) atoms. The number of carbonyl (C=O) groups is 3. The third-order valence-corrected chi connectivity index (χ3v) is 5.91. The van der Waals surface area contributed by atoms with E-state index in [0.717, 1.165) is 0 Å². The quantitative estimate of drug-likeness (QED) is 0.771. The molecule has 1 unspecified atom stereocenters. The lowest BCUT2D eigenvalue weighted by Gasteiger charge is -2.36. The zero-order chi connectivity index (χ0) is 18.3. The number of para-hydroxylation sites is 1. The largest absolute Gasteiger partial charge is 0.484 e. The summed E-state index contributed by atoms with van der Waals surface area (Å²) in [6.07, 6.45) is 2.44. The molecule has 3 heterocycles. The minimum Gasteiger partial charge on any atom is -0.484 e. The summed E-state index contributed by atoms with van der Waals surface area (Å²) in [5, 5.41) is 0. The average molecular weight is 356 g/mol. The van der Waals surface area contributed by atoms with Crippen LogP contribution in [0, 0.1) is 5.92 Å². The molecule has 3 aliphatic heterocycles. The van der Waals surface area contributed by atoms with Gasteiger partial charge in [0.25, 0.3) is 0 Å². The van der Waals surface area contributed by atoms with Crippen LogP contribution in [0.1, 0.15) is 43.0 Å². The number of benzene rings is 1. The van der Waals surface area contributed by atoms with Gasteiger partial charge in [0, 0.05) is 38.9 Å².